The molecule has 2 aromatic heterocycles. The lowest BCUT2D eigenvalue weighted by molar-refractivity contribution is 0.0696. The van der Waals surface area contributed by atoms with Crippen molar-refractivity contribution in [2.75, 3.05) is 20.7 Å². The Morgan fingerprint density at radius 1 is 1.07 bits per heavy atom. The van der Waals surface area contributed by atoms with E-state index in [0.29, 0.717) is 17.4 Å². The third-order valence-electron chi connectivity index (χ3n) is 10.4. The molecule has 2 aliphatic carbocycles. The molecule has 2 N–H and O–H groups in total. The Balaban J connectivity index is 1.38. The van der Waals surface area contributed by atoms with E-state index in [4.69, 9.17) is 4.74 Å². The topological polar surface area (TPSA) is 70.5 Å². The molecule has 43 heavy (non-hydrogen) atoms. The number of ether oxygens (including phenoxy) is 1. The predicted octanol–water partition coefficient (Wildman–Crippen LogP) is 6.58. The number of hydrogen-bond acceptors (Lipinski definition) is 3. The van der Waals surface area contributed by atoms with E-state index in [1.54, 1.807) is 13.3 Å². The summed E-state index contributed by atoms with van der Waals surface area (Å²) in [7, 11) is 3.99. The summed E-state index contributed by atoms with van der Waals surface area (Å²) in [5.74, 6) is 1.20. The zero-order chi connectivity index (χ0) is 29.5. The van der Waals surface area contributed by atoms with E-state index in [-0.39, 0.29) is 5.92 Å². The molecule has 6 nitrogen and oxygen atoms in total. The van der Waals surface area contributed by atoms with Crippen molar-refractivity contribution in [1.29, 1.82) is 0 Å². The Labute approximate surface area is 253 Å². The molecule has 2 saturated carbocycles. The number of benzene rings is 2. The van der Waals surface area contributed by atoms with Crippen LogP contribution in [0.3, 0.4) is 0 Å². The molecule has 0 saturated heterocycles. The number of methoxy groups -OCH3 is 1. The lowest BCUT2D eigenvalue weighted by Crippen LogP contribution is -2.33. The van der Waals surface area contributed by atoms with E-state index in [0.717, 1.165) is 54.1 Å². The first-order chi connectivity index (χ1) is 21.0. The molecule has 0 bridgehead atoms. The van der Waals surface area contributed by atoms with Crippen molar-refractivity contribution in [1.82, 2.24) is 14.5 Å². The Morgan fingerprint density at radius 2 is 1.88 bits per heavy atom. The summed E-state index contributed by atoms with van der Waals surface area (Å²) >= 11 is 0. The van der Waals surface area contributed by atoms with Gasteiger partial charge in [0.1, 0.15) is 5.75 Å². The van der Waals surface area contributed by atoms with Gasteiger partial charge in [-0.15, -0.1) is 0 Å². The number of carboxylic acids is 1. The quantitative estimate of drug-likeness (QED) is 0.248. The molecule has 0 amide bonds. The average molecular weight is 578 g/mol. The van der Waals surface area contributed by atoms with Gasteiger partial charge in [-0.3, -0.25) is 0 Å². The highest BCUT2D eigenvalue weighted by atomic mass is 16.5. The van der Waals surface area contributed by atoms with Crippen LogP contribution in [0.5, 0.6) is 5.75 Å². The highest BCUT2D eigenvalue weighted by Crippen LogP contribution is 2.48. The molecule has 224 valence electrons. The monoisotopic (exact) mass is 577 g/mol. The molecule has 3 heterocycles. The number of aromatic nitrogens is 2. The number of rotatable bonds is 8. The molecular weight excluding hydrogens is 534 g/mol. The van der Waals surface area contributed by atoms with Gasteiger partial charge in [-0.25, -0.2) is 4.79 Å². The van der Waals surface area contributed by atoms with Crippen molar-refractivity contribution in [3.8, 4) is 5.75 Å². The molecule has 1 aliphatic heterocycles. The smallest absolute Gasteiger partial charge is 0.337 e. The van der Waals surface area contributed by atoms with Crippen LogP contribution in [0.4, 0.5) is 0 Å². The van der Waals surface area contributed by atoms with Gasteiger partial charge in [0.2, 0.25) is 0 Å². The van der Waals surface area contributed by atoms with Crippen molar-refractivity contribution in [2.24, 2.45) is 5.92 Å². The molecule has 7 rings (SSSR count). The number of nitrogens with zero attached hydrogens (tertiary/aromatic N) is 2. The van der Waals surface area contributed by atoms with Crippen molar-refractivity contribution in [2.45, 2.75) is 76.2 Å². The van der Waals surface area contributed by atoms with E-state index in [1.165, 1.54) is 66.4 Å². The summed E-state index contributed by atoms with van der Waals surface area (Å²) in [6, 6.07) is 17.5. The van der Waals surface area contributed by atoms with E-state index >= 15 is 0 Å². The first-order valence-corrected chi connectivity index (χ1v) is 16.1. The third kappa shape index (κ3) is 5.10. The fraction of sp³-hybridized carbons (Fsp3) is 0.432. The second-order valence-electron chi connectivity index (χ2n) is 13.0. The van der Waals surface area contributed by atoms with Gasteiger partial charge >= 0.3 is 5.97 Å². The number of aromatic carboxylic acids is 1. The molecule has 2 fully saturated rings. The lowest BCUT2D eigenvalue weighted by atomic mass is 9.72. The largest absolute Gasteiger partial charge is 0.496 e. The maximum absolute atomic E-state index is 12.4. The first kappa shape index (κ1) is 28.0. The second-order valence-corrected chi connectivity index (χ2v) is 13.0. The predicted molar refractivity (Wildman–Crippen MR) is 172 cm³/mol. The number of carbonyl (C=O) groups is 1. The Bertz CT molecular complexity index is 1760. The van der Waals surface area contributed by atoms with Crippen LogP contribution in [-0.4, -0.2) is 46.2 Å². The van der Waals surface area contributed by atoms with Gasteiger partial charge in [-0.05, 0) is 92.8 Å². The molecule has 2 atom stereocenters. The van der Waals surface area contributed by atoms with Crippen molar-refractivity contribution >= 4 is 28.6 Å². The minimum absolute atomic E-state index is 0.216. The average Bonchev–Trinajstić information content (AvgIpc) is 3.59. The van der Waals surface area contributed by atoms with Gasteiger partial charge in [0.15, 0.2) is 0 Å². The van der Waals surface area contributed by atoms with Crippen LogP contribution in [0.25, 0.3) is 22.7 Å². The maximum atomic E-state index is 12.4. The van der Waals surface area contributed by atoms with Crippen LogP contribution in [-0.2, 0) is 6.54 Å². The molecular formula is C37H43N3O3. The number of carboxylic acid groups (broad SMARTS) is 1. The number of H-pyrrole nitrogens is 1. The van der Waals surface area contributed by atoms with Crippen LogP contribution >= 0.6 is 0 Å². The van der Waals surface area contributed by atoms with Crippen LogP contribution in [0.15, 0.2) is 54.7 Å². The van der Waals surface area contributed by atoms with Crippen molar-refractivity contribution in [3.05, 3.63) is 87.7 Å². The zero-order valence-corrected chi connectivity index (χ0v) is 25.4. The summed E-state index contributed by atoms with van der Waals surface area (Å²) in [5.41, 5.74) is 6.91. The van der Waals surface area contributed by atoms with Gasteiger partial charge in [0, 0.05) is 46.5 Å². The molecule has 2 unspecified atom stereocenters. The van der Waals surface area contributed by atoms with E-state index in [1.807, 2.05) is 0 Å². The fourth-order valence-electron chi connectivity index (χ4n) is 8.33. The minimum Gasteiger partial charge on any atom is -0.496 e. The summed E-state index contributed by atoms with van der Waals surface area (Å²) in [6.45, 7) is 1.95. The molecule has 6 heteroatoms. The molecule has 3 aliphatic rings. The Kier molecular flexibility index (Phi) is 7.64. The number of hydrogen-bond donors (Lipinski definition) is 2. The standard InChI is InChI=1S/C37H43N3O3/c1-39(22-24-10-5-3-6-11-24)19-18-26-14-9-15-28-34(26)32-20-29-33(43-2)17-16-27(25-12-7-4-8-13-25)36(29)40(32)23-31-30(37(41)42)21-38-35(28)31/h3,5-6,10-11,16-17,20-21,23,25-26,34,38H,4,7-9,12-15,18-19,22H2,1-2H3,(H,41,42). The highest BCUT2D eigenvalue weighted by molar-refractivity contribution is 5.94. The first-order valence-electron chi connectivity index (χ1n) is 16.1. The molecule has 4 aromatic rings. The second kappa shape index (κ2) is 11.7. The van der Waals surface area contributed by atoms with E-state index in [2.05, 4.69) is 76.2 Å². The van der Waals surface area contributed by atoms with Crippen LogP contribution in [0.2, 0.25) is 0 Å². The van der Waals surface area contributed by atoms with Crippen LogP contribution in [0.1, 0.15) is 96.8 Å². The van der Waals surface area contributed by atoms with Gasteiger partial charge in [-0.1, -0.05) is 55.7 Å². The zero-order valence-electron chi connectivity index (χ0n) is 25.4. The Morgan fingerprint density at radius 3 is 2.65 bits per heavy atom. The lowest BCUT2D eigenvalue weighted by Gasteiger charge is -2.35. The van der Waals surface area contributed by atoms with Crippen molar-refractivity contribution in [3.63, 3.8) is 0 Å². The third-order valence-corrected chi connectivity index (χ3v) is 10.4. The number of nitrogens with one attached hydrogen (secondary N) is 1. The van der Waals surface area contributed by atoms with Gasteiger partial charge in [0.05, 0.1) is 18.2 Å². The molecule has 0 spiro atoms. The highest BCUT2D eigenvalue weighted by Gasteiger charge is 2.36. The van der Waals surface area contributed by atoms with Crippen LogP contribution in [0, 0.1) is 5.92 Å². The SMILES string of the molecule is COc1ccc(C2CCCCC2)c2c1cc1n2C=c2c(C(=O)O)c[nH]c2=C2CCCC(CCN(C)Cc3ccccc3)C21. The number of fused-ring (bicyclic) bond motifs is 6. The molecule has 0 radical (unpaired) electrons. The maximum Gasteiger partial charge on any atom is 0.337 e. The summed E-state index contributed by atoms with van der Waals surface area (Å²) < 4.78 is 8.33. The van der Waals surface area contributed by atoms with E-state index < -0.39 is 5.97 Å². The normalized spacial score (nSPS) is 20.3. The summed E-state index contributed by atoms with van der Waals surface area (Å²) in [4.78, 5) is 18.3. The molecule has 2 aromatic carbocycles. The minimum atomic E-state index is -0.884. The van der Waals surface area contributed by atoms with Crippen LogP contribution < -0.4 is 15.3 Å². The number of aromatic amines is 1. The van der Waals surface area contributed by atoms with Gasteiger partial charge in [0.25, 0.3) is 0 Å². The van der Waals surface area contributed by atoms with Crippen molar-refractivity contribution < 1.29 is 14.6 Å². The van der Waals surface area contributed by atoms with Gasteiger partial charge < -0.3 is 24.3 Å². The fourth-order valence-corrected chi connectivity index (χ4v) is 8.33. The van der Waals surface area contributed by atoms with E-state index in [9.17, 15) is 9.90 Å². The van der Waals surface area contributed by atoms with Gasteiger partial charge in [-0.2, -0.15) is 0 Å². The Hall–Kier alpha value is -3.77. The summed E-state index contributed by atoms with van der Waals surface area (Å²) in [5, 5.41) is 13.2. The summed E-state index contributed by atoms with van der Waals surface area (Å²) in [6.07, 6.45) is 14.4.